The van der Waals surface area contributed by atoms with Crippen molar-refractivity contribution in [1.29, 1.82) is 0 Å². The minimum Gasteiger partial charge on any atom is -0.497 e. The number of benzene rings is 2. The van der Waals surface area contributed by atoms with E-state index in [1.165, 1.54) is 6.07 Å². The van der Waals surface area contributed by atoms with E-state index in [0.29, 0.717) is 41.1 Å². The molecule has 0 amide bonds. The molecule has 1 atom stereocenters. The topological polar surface area (TPSA) is 82.9 Å². The second-order valence-corrected chi connectivity index (χ2v) is 10.5. The molecule has 198 valence electrons. The molecule has 2 heterocycles. The number of rotatable bonds is 11. The summed E-state index contributed by atoms with van der Waals surface area (Å²) in [7, 11) is 1.58. The molecule has 0 aliphatic carbocycles. The molecule has 0 bridgehead atoms. The largest absolute Gasteiger partial charge is 0.497 e. The third-order valence-electron chi connectivity index (χ3n) is 7.67. The average Bonchev–Trinajstić information content (AvgIpc) is 2.89. The van der Waals surface area contributed by atoms with Gasteiger partial charge in [-0.15, -0.1) is 0 Å². The van der Waals surface area contributed by atoms with E-state index in [4.69, 9.17) is 16.3 Å². The van der Waals surface area contributed by atoms with Crippen LogP contribution in [0.25, 0.3) is 10.9 Å². The van der Waals surface area contributed by atoms with Gasteiger partial charge in [0.2, 0.25) is 0 Å². The quantitative estimate of drug-likeness (QED) is 0.316. The molecule has 1 aliphatic rings. The summed E-state index contributed by atoms with van der Waals surface area (Å²) < 4.78 is 19.2. The smallest absolute Gasteiger partial charge is 0.303 e. The van der Waals surface area contributed by atoms with E-state index in [1.54, 1.807) is 19.4 Å². The lowest BCUT2D eigenvalue weighted by Gasteiger charge is -2.41. The molecule has 2 N–H and O–H groups in total. The van der Waals surface area contributed by atoms with E-state index in [-0.39, 0.29) is 17.7 Å². The average molecular weight is 529 g/mol. The Morgan fingerprint density at radius 1 is 1.24 bits per heavy atom. The summed E-state index contributed by atoms with van der Waals surface area (Å²) in [5, 5.41) is 22.0. The highest BCUT2D eigenvalue weighted by molar-refractivity contribution is 6.32. The van der Waals surface area contributed by atoms with Crippen molar-refractivity contribution in [2.24, 2.45) is 5.41 Å². The van der Waals surface area contributed by atoms with Gasteiger partial charge in [0.25, 0.3) is 0 Å². The Kier molecular flexibility index (Phi) is 9.00. The van der Waals surface area contributed by atoms with Gasteiger partial charge < -0.3 is 19.8 Å². The van der Waals surface area contributed by atoms with Crippen molar-refractivity contribution in [3.05, 3.63) is 70.6 Å². The number of fused-ring (bicyclic) bond motifs is 1. The van der Waals surface area contributed by atoms with Crippen LogP contribution in [0, 0.1) is 11.2 Å². The first-order valence-corrected chi connectivity index (χ1v) is 13.2. The molecule has 1 unspecified atom stereocenters. The van der Waals surface area contributed by atoms with Gasteiger partial charge in [0.05, 0.1) is 30.2 Å². The standard InChI is InChI=1S/C29H34ClFN2O4/c1-37-21-8-9-25-22(17-21)28(23(30)19-32-25)26(34)10-11-29(18-27(35)36)12-15-33(16-13-29)14-4-6-20-5-2-3-7-24(20)31/h2-3,5,7-9,17,19,26,34H,4,6,10-16,18H2,1H3,(H,35,36). The van der Waals surface area contributed by atoms with Crippen molar-refractivity contribution in [1.82, 2.24) is 9.88 Å². The van der Waals surface area contributed by atoms with Gasteiger partial charge in [-0.1, -0.05) is 29.8 Å². The summed E-state index contributed by atoms with van der Waals surface area (Å²) in [5.74, 6) is -0.338. The van der Waals surface area contributed by atoms with Gasteiger partial charge in [-0.3, -0.25) is 9.78 Å². The number of aliphatic hydroxyl groups is 1. The summed E-state index contributed by atoms with van der Waals surface area (Å²) in [6.07, 6.45) is 4.75. The molecule has 0 saturated carbocycles. The molecule has 1 fully saturated rings. The fourth-order valence-corrected chi connectivity index (χ4v) is 5.78. The first kappa shape index (κ1) is 27.3. The minimum atomic E-state index is -0.852. The summed E-state index contributed by atoms with van der Waals surface area (Å²) in [4.78, 5) is 18.5. The Balaban J connectivity index is 1.39. The first-order valence-electron chi connectivity index (χ1n) is 12.8. The van der Waals surface area contributed by atoms with Gasteiger partial charge in [-0.2, -0.15) is 0 Å². The highest BCUT2D eigenvalue weighted by atomic mass is 35.5. The van der Waals surface area contributed by atoms with Crippen LogP contribution in [-0.2, 0) is 11.2 Å². The number of ether oxygens (including phenoxy) is 1. The maximum Gasteiger partial charge on any atom is 0.303 e. The number of carboxylic acid groups (broad SMARTS) is 1. The zero-order chi connectivity index (χ0) is 26.4. The number of methoxy groups -OCH3 is 1. The number of hydrogen-bond acceptors (Lipinski definition) is 5. The lowest BCUT2D eigenvalue weighted by molar-refractivity contribution is -0.141. The van der Waals surface area contributed by atoms with Gasteiger partial charge in [0.1, 0.15) is 11.6 Å². The predicted octanol–water partition coefficient (Wildman–Crippen LogP) is 6.04. The molecule has 3 aromatic rings. The Morgan fingerprint density at radius 2 is 2.00 bits per heavy atom. The molecular weight excluding hydrogens is 495 g/mol. The number of aliphatic hydroxyl groups excluding tert-OH is 1. The zero-order valence-corrected chi connectivity index (χ0v) is 21.9. The zero-order valence-electron chi connectivity index (χ0n) is 21.1. The number of carboxylic acids is 1. The van der Waals surface area contributed by atoms with Crippen LogP contribution >= 0.6 is 11.6 Å². The fraction of sp³-hybridized carbons (Fsp3) is 0.448. The molecule has 2 aromatic carbocycles. The normalized spacial score (nSPS) is 16.5. The lowest BCUT2D eigenvalue weighted by atomic mass is 9.71. The van der Waals surface area contributed by atoms with Crippen molar-refractivity contribution in [2.75, 3.05) is 26.7 Å². The Labute approximate surface area is 222 Å². The molecule has 4 rings (SSSR count). The number of piperidine rings is 1. The maximum absolute atomic E-state index is 13.9. The Morgan fingerprint density at radius 3 is 2.70 bits per heavy atom. The van der Waals surface area contributed by atoms with Crippen LogP contribution in [-0.4, -0.2) is 52.8 Å². The number of hydrogen-bond donors (Lipinski definition) is 2. The third kappa shape index (κ3) is 6.78. The highest BCUT2D eigenvalue weighted by Crippen LogP contribution is 2.43. The van der Waals surface area contributed by atoms with Gasteiger partial charge >= 0.3 is 5.97 Å². The third-order valence-corrected chi connectivity index (χ3v) is 7.97. The van der Waals surface area contributed by atoms with Crippen LogP contribution in [0.1, 0.15) is 55.8 Å². The second-order valence-electron chi connectivity index (χ2n) is 10.1. The van der Waals surface area contributed by atoms with E-state index < -0.39 is 12.1 Å². The van der Waals surface area contributed by atoms with Crippen molar-refractivity contribution in [2.45, 2.75) is 51.0 Å². The maximum atomic E-state index is 13.9. The predicted molar refractivity (Wildman–Crippen MR) is 143 cm³/mol. The fourth-order valence-electron chi connectivity index (χ4n) is 5.50. The molecule has 1 aliphatic heterocycles. The molecule has 0 radical (unpaired) electrons. The van der Waals surface area contributed by atoms with E-state index in [0.717, 1.165) is 49.8 Å². The summed E-state index contributed by atoms with van der Waals surface area (Å²) >= 11 is 6.47. The minimum absolute atomic E-state index is 0.0709. The number of nitrogens with zero attached hydrogens (tertiary/aromatic N) is 2. The number of pyridine rings is 1. The number of halogens is 2. The van der Waals surface area contributed by atoms with E-state index >= 15 is 0 Å². The molecule has 0 spiro atoms. The van der Waals surface area contributed by atoms with Crippen LogP contribution in [0.15, 0.2) is 48.7 Å². The Hall–Kier alpha value is -2.74. The number of aromatic nitrogens is 1. The molecular formula is C29H34ClFN2O4. The summed E-state index contributed by atoms with van der Waals surface area (Å²) in [6, 6.07) is 12.3. The second kappa shape index (κ2) is 12.2. The van der Waals surface area contributed by atoms with Crippen LogP contribution in [0.5, 0.6) is 5.75 Å². The lowest BCUT2D eigenvalue weighted by Crippen LogP contribution is -2.41. The van der Waals surface area contributed by atoms with Gasteiger partial charge in [-0.25, -0.2) is 4.39 Å². The van der Waals surface area contributed by atoms with E-state index in [1.807, 2.05) is 30.3 Å². The Bertz CT molecular complexity index is 1230. The van der Waals surface area contributed by atoms with Crippen molar-refractivity contribution < 1.29 is 24.1 Å². The monoisotopic (exact) mass is 528 g/mol. The number of carbonyl (C=O) groups is 1. The molecule has 8 heteroatoms. The number of aryl methyl sites for hydroxylation is 1. The number of aliphatic carboxylic acids is 1. The SMILES string of the molecule is COc1ccc2ncc(Cl)c(C(O)CCC3(CC(=O)O)CCN(CCCc4ccccc4F)CC3)c2c1. The van der Waals surface area contributed by atoms with Crippen LogP contribution in [0.2, 0.25) is 5.02 Å². The van der Waals surface area contributed by atoms with Crippen LogP contribution in [0.4, 0.5) is 4.39 Å². The van der Waals surface area contributed by atoms with Crippen molar-refractivity contribution in [3.63, 3.8) is 0 Å². The van der Waals surface area contributed by atoms with Gasteiger partial charge in [-0.05, 0) is 93.4 Å². The first-order chi connectivity index (χ1) is 17.8. The van der Waals surface area contributed by atoms with Crippen LogP contribution < -0.4 is 4.74 Å². The number of likely N-dealkylation sites (tertiary alicyclic amines) is 1. The van der Waals surface area contributed by atoms with Gasteiger partial charge in [0.15, 0.2) is 0 Å². The summed E-state index contributed by atoms with van der Waals surface area (Å²) in [5.41, 5.74) is 1.65. The molecule has 1 saturated heterocycles. The van der Waals surface area contributed by atoms with Crippen molar-refractivity contribution in [3.8, 4) is 5.75 Å². The summed E-state index contributed by atoms with van der Waals surface area (Å²) in [6.45, 7) is 2.42. The molecule has 37 heavy (non-hydrogen) atoms. The molecule has 1 aromatic heterocycles. The van der Waals surface area contributed by atoms with Gasteiger partial charge in [0, 0.05) is 17.1 Å². The van der Waals surface area contributed by atoms with E-state index in [2.05, 4.69) is 9.88 Å². The van der Waals surface area contributed by atoms with E-state index in [9.17, 15) is 19.4 Å². The molecule has 6 nitrogen and oxygen atoms in total. The highest BCUT2D eigenvalue weighted by Gasteiger charge is 2.37. The van der Waals surface area contributed by atoms with Crippen molar-refractivity contribution >= 4 is 28.5 Å². The van der Waals surface area contributed by atoms with Crippen LogP contribution in [0.3, 0.4) is 0 Å².